The van der Waals surface area contributed by atoms with E-state index in [9.17, 15) is 14.7 Å². The van der Waals surface area contributed by atoms with Crippen molar-refractivity contribution < 1.29 is 28.3 Å². The third-order valence-corrected chi connectivity index (χ3v) is 5.69. The van der Waals surface area contributed by atoms with Gasteiger partial charge in [0.15, 0.2) is 11.5 Å². The number of fused-ring (bicyclic) bond motifs is 1. The molecule has 0 saturated heterocycles. The van der Waals surface area contributed by atoms with Crippen molar-refractivity contribution >= 4 is 39.9 Å². The first kappa shape index (κ1) is 21.9. The zero-order valence-corrected chi connectivity index (χ0v) is 19.1. The van der Waals surface area contributed by atoms with Crippen LogP contribution in [0, 0.1) is 0 Å². The normalized spacial score (nSPS) is 16.2. The molecule has 1 unspecified atom stereocenters. The van der Waals surface area contributed by atoms with Gasteiger partial charge in [-0.15, -0.1) is 0 Å². The van der Waals surface area contributed by atoms with E-state index in [-0.39, 0.29) is 17.4 Å². The molecule has 1 aliphatic heterocycles. The smallest absolute Gasteiger partial charge is 0.294 e. The Bertz CT molecular complexity index is 1420. The molecular formula is C26H20ClNO6. The van der Waals surface area contributed by atoms with Gasteiger partial charge in [0.1, 0.15) is 23.1 Å². The predicted octanol–water partition coefficient (Wildman–Crippen LogP) is 6.25. The Balaban J connectivity index is 1.57. The number of rotatable bonds is 6. The molecule has 0 aliphatic carbocycles. The maximum absolute atomic E-state index is 13.5. The molecule has 0 bridgehead atoms. The number of ether oxygens (including phenoxy) is 1. The van der Waals surface area contributed by atoms with E-state index in [2.05, 4.69) is 0 Å². The fourth-order valence-corrected chi connectivity index (χ4v) is 4.22. The lowest BCUT2D eigenvalue weighted by molar-refractivity contribution is -0.117. The molecule has 1 amide bonds. The minimum absolute atomic E-state index is 0.0104. The zero-order chi connectivity index (χ0) is 24.0. The van der Waals surface area contributed by atoms with Crippen LogP contribution in [0.25, 0.3) is 11.0 Å². The van der Waals surface area contributed by atoms with Gasteiger partial charge in [0.05, 0.1) is 17.9 Å². The summed E-state index contributed by atoms with van der Waals surface area (Å²) < 4.78 is 17.0. The van der Waals surface area contributed by atoms with Crippen molar-refractivity contribution in [1.29, 1.82) is 0 Å². The third-order valence-electron chi connectivity index (χ3n) is 5.45. The third kappa shape index (κ3) is 3.74. The molecule has 1 aliphatic rings. The van der Waals surface area contributed by atoms with Crippen LogP contribution in [0.1, 0.15) is 36.2 Å². The fraction of sp³-hybridized carbons (Fsp3) is 0.154. The number of aliphatic hydroxyl groups excluding tert-OH is 1. The second-order valence-electron chi connectivity index (χ2n) is 8.14. The maximum atomic E-state index is 13.5. The van der Waals surface area contributed by atoms with Crippen LogP contribution >= 0.6 is 11.6 Å². The number of ketones is 1. The van der Waals surface area contributed by atoms with Crippen LogP contribution in [-0.4, -0.2) is 22.9 Å². The van der Waals surface area contributed by atoms with Crippen molar-refractivity contribution in [3.05, 3.63) is 94.8 Å². The quantitative estimate of drug-likeness (QED) is 0.330. The first-order chi connectivity index (χ1) is 16.3. The van der Waals surface area contributed by atoms with Crippen molar-refractivity contribution in [2.75, 3.05) is 4.90 Å². The fourth-order valence-electron chi connectivity index (χ4n) is 4.04. The number of aliphatic hydroxyl groups is 1. The zero-order valence-electron chi connectivity index (χ0n) is 18.3. The molecule has 7 nitrogen and oxygen atoms in total. The standard InChI is InChI=1S/C26H20ClNO6/c1-14(2)33-18-8-6-17(7-9-18)28-23(20-4-3-11-32-20)22(25(30)26(28)31)24(29)21-13-15-12-16(27)5-10-19(15)34-21/h3-14,23,30H,1-2H3. The van der Waals surface area contributed by atoms with Crippen LogP contribution in [-0.2, 0) is 4.79 Å². The minimum Gasteiger partial charge on any atom is -0.503 e. The molecule has 3 heterocycles. The van der Waals surface area contributed by atoms with Gasteiger partial charge < -0.3 is 18.7 Å². The monoisotopic (exact) mass is 477 g/mol. The molecule has 0 spiro atoms. The van der Waals surface area contributed by atoms with E-state index in [0.717, 1.165) is 0 Å². The average molecular weight is 478 g/mol. The van der Waals surface area contributed by atoms with Crippen LogP contribution in [0.2, 0.25) is 5.02 Å². The topological polar surface area (TPSA) is 93.1 Å². The van der Waals surface area contributed by atoms with Crippen LogP contribution < -0.4 is 9.64 Å². The molecule has 1 N–H and O–H groups in total. The number of nitrogens with zero attached hydrogens (tertiary/aromatic N) is 1. The molecule has 1 atom stereocenters. The summed E-state index contributed by atoms with van der Waals surface area (Å²) in [5.41, 5.74) is 0.796. The van der Waals surface area contributed by atoms with Gasteiger partial charge in [-0.1, -0.05) is 11.6 Å². The Morgan fingerprint density at radius 1 is 1.12 bits per heavy atom. The van der Waals surface area contributed by atoms with Gasteiger partial charge >= 0.3 is 0 Å². The number of halogens is 1. The predicted molar refractivity (Wildman–Crippen MR) is 126 cm³/mol. The molecule has 2 aromatic carbocycles. The molecule has 0 saturated carbocycles. The highest BCUT2D eigenvalue weighted by molar-refractivity contribution is 6.31. The highest BCUT2D eigenvalue weighted by Gasteiger charge is 2.46. The van der Waals surface area contributed by atoms with E-state index in [1.165, 1.54) is 17.2 Å². The van der Waals surface area contributed by atoms with Crippen molar-refractivity contribution in [3.63, 3.8) is 0 Å². The number of carbonyl (C=O) groups excluding carboxylic acids is 2. The first-order valence-electron chi connectivity index (χ1n) is 10.6. The summed E-state index contributed by atoms with van der Waals surface area (Å²) in [6.45, 7) is 3.83. The molecule has 34 heavy (non-hydrogen) atoms. The summed E-state index contributed by atoms with van der Waals surface area (Å²) >= 11 is 6.04. The Hall–Kier alpha value is -3.97. The second kappa shape index (κ2) is 8.43. The van der Waals surface area contributed by atoms with Crippen LogP contribution in [0.15, 0.2) is 87.1 Å². The Kier molecular flexibility index (Phi) is 5.42. The molecular weight excluding hydrogens is 458 g/mol. The lowest BCUT2D eigenvalue weighted by Gasteiger charge is -2.25. The van der Waals surface area contributed by atoms with Gasteiger partial charge in [-0.2, -0.15) is 0 Å². The van der Waals surface area contributed by atoms with Gasteiger partial charge in [-0.3, -0.25) is 14.5 Å². The van der Waals surface area contributed by atoms with Crippen LogP contribution in [0.4, 0.5) is 5.69 Å². The number of carbonyl (C=O) groups is 2. The van der Waals surface area contributed by atoms with E-state index in [1.807, 2.05) is 13.8 Å². The number of furan rings is 2. The Morgan fingerprint density at radius 3 is 2.56 bits per heavy atom. The molecule has 2 aromatic heterocycles. The van der Waals surface area contributed by atoms with Gasteiger partial charge in [0, 0.05) is 16.1 Å². The van der Waals surface area contributed by atoms with E-state index in [0.29, 0.717) is 33.2 Å². The van der Waals surface area contributed by atoms with Gasteiger partial charge in [0.2, 0.25) is 5.78 Å². The number of benzene rings is 2. The Morgan fingerprint density at radius 2 is 1.88 bits per heavy atom. The van der Waals surface area contributed by atoms with Crippen molar-refractivity contribution in [1.82, 2.24) is 0 Å². The summed E-state index contributed by atoms with van der Waals surface area (Å²) in [5.74, 6) is -1.07. The summed E-state index contributed by atoms with van der Waals surface area (Å²) in [7, 11) is 0. The minimum atomic E-state index is -0.983. The molecule has 5 rings (SSSR count). The Labute approximate surface area is 199 Å². The van der Waals surface area contributed by atoms with Gasteiger partial charge in [0.25, 0.3) is 5.91 Å². The number of Topliss-reactive ketones (excluding diaryl/α,β-unsaturated/α-hetero) is 1. The van der Waals surface area contributed by atoms with Crippen LogP contribution in [0.5, 0.6) is 5.75 Å². The van der Waals surface area contributed by atoms with E-state index < -0.39 is 23.5 Å². The van der Waals surface area contributed by atoms with Gasteiger partial charge in [-0.25, -0.2) is 0 Å². The molecule has 0 fully saturated rings. The number of amides is 1. The molecule has 4 aromatic rings. The van der Waals surface area contributed by atoms with Gasteiger partial charge in [-0.05, 0) is 74.5 Å². The summed E-state index contributed by atoms with van der Waals surface area (Å²) in [4.78, 5) is 28.0. The number of anilines is 1. The number of hydrogen-bond acceptors (Lipinski definition) is 6. The van der Waals surface area contributed by atoms with Crippen molar-refractivity contribution in [2.24, 2.45) is 0 Å². The molecule has 172 valence electrons. The first-order valence-corrected chi connectivity index (χ1v) is 11.0. The van der Waals surface area contributed by atoms with Crippen LogP contribution in [0.3, 0.4) is 0 Å². The van der Waals surface area contributed by atoms with E-state index >= 15 is 0 Å². The maximum Gasteiger partial charge on any atom is 0.294 e. The SMILES string of the molecule is CC(C)Oc1ccc(N2C(=O)C(O)=C(C(=O)c3cc4cc(Cl)ccc4o3)C2c2ccco2)cc1. The molecule has 8 heteroatoms. The number of hydrogen-bond donors (Lipinski definition) is 1. The summed E-state index contributed by atoms with van der Waals surface area (Å²) in [6, 6.07) is 15.6. The summed E-state index contributed by atoms with van der Waals surface area (Å²) in [6.07, 6.45) is 1.43. The highest BCUT2D eigenvalue weighted by Crippen LogP contribution is 2.42. The van der Waals surface area contributed by atoms with Crippen molar-refractivity contribution in [2.45, 2.75) is 26.0 Å². The lowest BCUT2D eigenvalue weighted by Crippen LogP contribution is -2.30. The lowest BCUT2D eigenvalue weighted by atomic mass is 9.99. The summed E-state index contributed by atoms with van der Waals surface area (Å²) in [5, 5.41) is 11.9. The largest absolute Gasteiger partial charge is 0.503 e. The van der Waals surface area contributed by atoms with Crippen molar-refractivity contribution in [3.8, 4) is 5.75 Å². The van der Waals surface area contributed by atoms with E-state index in [1.54, 1.807) is 54.6 Å². The molecule has 0 radical (unpaired) electrons. The second-order valence-corrected chi connectivity index (χ2v) is 8.57. The highest BCUT2D eigenvalue weighted by atomic mass is 35.5. The van der Waals surface area contributed by atoms with E-state index in [4.69, 9.17) is 25.2 Å². The average Bonchev–Trinajstić information content (AvgIpc) is 3.52.